The van der Waals surface area contributed by atoms with Gasteiger partial charge in [-0.25, -0.2) is 0 Å². The van der Waals surface area contributed by atoms with Gasteiger partial charge in [0.15, 0.2) is 5.78 Å². The molecule has 4 nitrogen and oxygen atoms in total. The van der Waals surface area contributed by atoms with Crippen LogP contribution in [0.4, 0.5) is 11.4 Å². The van der Waals surface area contributed by atoms with Crippen molar-refractivity contribution >= 4 is 27.9 Å². The second-order valence-corrected chi connectivity index (χ2v) is 7.73. The molecule has 142 valence electrons. The molecule has 0 unspecified atom stereocenters. The summed E-state index contributed by atoms with van der Waals surface area (Å²) in [7, 11) is 0. The summed E-state index contributed by atoms with van der Waals surface area (Å²) in [4.78, 5) is 28.7. The highest BCUT2D eigenvalue weighted by atomic mass is 16.1. The molecule has 0 saturated carbocycles. The van der Waals surface area contributed by atoms with Crippen LogP contribution in [0.1, 0.15) is 32.6 Å². The highest BCUT2D eigenvalue weighted by molar-refractivity contribution is 6.28. The number of nitrogens with one attached hydrogen (secondary N) is 2. The number of pyridine rings is 1. The number of rotatable bonds is 2. The van der Waals surface area contributed by atoms with Gasteiger partial charge in [-0.3, -0.25) is 9.59 Å². The van der Waals surface area contributed by atoms with Crippen molar-refractivity contribution in [2.24, 2.45) is 0 Å². The standard InChI is InChI=1S/C25H20N2O2/c1-13-10-14(2)23(15(3)11-13)26-19-9-8-16-12-20(28)27-24-17-6-4-5-7-18(17)25(29)22(19)21(16)24/h4-12,26H,1-3H3,(H,27,28). The van der Waals surface area contributed by atoms with Gasteiger partial charge in [0.2, 0.25) is 5.56 Å². The minimum atomic E-state index is -0.173. The van der Waals surface area contributed by atoms with Crippen molar-refractivity contribution in [1.29, 1.82) is 0 Å². The highest BCUT2D eigenvalue weighted by Crippen LogP contribution is 2.41. The fraction of sp³-hybridized carbons (Fsp3) is 0.120. The molecule has 2 N–H and O–H groups in total. The SMILES string of the molecule is Cc1cc(C)c(Nc2ccc3cc(=O)[nH]c4c3c2C(=O)c2ccccc2-4)c(C)c1. The molecule has 1 heterocycles. The average Bonchev–Trinajstić information content (AvgIpc) is 2.68. The van der Waals surface area contributed by atoms with Crippen LogP contribution < -0.4 is 10.9 Å². The quantitative estimate of drug-likeness (QED) is 0.430. The van der Waals surface area contributed by atoms with Crippen LogP contribution in [0.15, 0.2) is 59.4 Å². The number of hydrogen-bond donors (Lipinski definition) is 2. The number of ketones is 1. The Kier molecular flexibility index (Phi) is 3.71. The predicted octanol–water partition coefficient (Wildman–Crippen LogP) is 5.41. The molecule has 0 radical (unpaired) electrons. The van der Waals surface area contributed by atoms with E-state index in [9.17, 15) is 9.59 Å². The predicted molar refractivity (Wildman–Crippen MR) is 117 cm³/mol. The molecule has 3 aromatic carbocycles. The number of fused-ring (bicyclic) bond motifs is 2. The Morgan fingerprint density at radius 2 is 1.52 bits per heavy atom. The Morgan fingerprint density at radius 1 is 0.828 bits per heavy atom. The van der Waals surface area contributed by atoms with E-state index in [1.807, 2.05) is 36.4 Å². The third-order valence-corrected chi connectivity index (χ3v) is 5.63. The van der Waals surface area contributed by atoms with Gasteiger partial charge in [0, 0.05) is 28.3 Å². The second kappa shape index (κ2) is 6.17. The van der Waals surface area contributed by atoms with Crippen molar-refractivity contribution in [1.82, 2.24) is 4.98 Å². The Hall–Kier alpha value is -3.66. The van der Waals surface area contributed by atoms with Crippen LogP contribution in [0.25, 0.3) is 22.0 Å². The molecule has 4 aromatic rings. The molecule has 0 atom stereocenters. The Balaban J connectivity index is 1.82. The summed E-state index contributed by atoms with van der Waals surface area (Å²) in [5.41, 5.74) is 7.72. The number of carbonyl (C=O) groups excluding carboxylic acids is 1. The van der Waals surface area contributed by atoms with Crippen LogP contribution >= 0.6 is 0 Å². The molecule has 1 aromatic heterocycles. The van der Waals surface area contributed by atoms with Gasteiger partial charge in [0.1, 0.15) is 0 Å². The molecule has 0 bridgehead atoms. The number of anilines is 2. The minimum Gasteiger partial charge on any atom is -0.354 e. The molecule has 0 amide bonds. The summed E-state index contributed by atoms with van der Waals surface area (Å²) in [6, 6.07) is 17.0. The van der Waals surface area contributed by atoms with Gasteiger partial charge in [-0.05, 0) is 43.4 Å². The number of H-pyrrole nitrogens is 1. The van der Waals surface area contributed by atoms with Crippen LogP contribution in [0.2, 0.25) is 0 Å². The Morgan fingerprint density at radius 3 is 2.24 bits per heavy atom. The molecular weight excluding hydrogens is 360 g/mol. The van der Waals surface area contributed by atoms with Crippen molar-refractivity contribution in [3.63, 3.8) is 0 Å². The molecule has 1 aliphatic carbocycles. The van der Waals surface area contributed by atoms with E-state index in [2.05, 4.69) is 43.2 Å². The number of aromatic amines is 1. The van der Waals surface area contributed by atoms with Crippen LogP contribution in [-0.2, 0) is 0 Å². The largest absolute Gasteiger partial charge is 0.354 e. The summed E-state index contributed by atoms with van der Waals surface area (Å²) in [5.74, 6) is -0.0318. The molecule has 4 heteroatoms. The summed E-state index contributed by atoms with van der Waals surface area (Å²) < 4.78 is 0. The van der Waals surface area contributed by atoms with E-state index >= 15 is 0 Å². The lowest BCUT2D eigenvalue weighted by Gasteiger charge is -2.23. The highest BCUT2D eigenvalue weighted by Gasteiger charge is 2.28. The van der Waals surface area contributed by atoms with Gasteiger partial charge < -0.3 is 10.3 Å². The number of benzene rings is 3. The normalized spacial score (nSPS) is 12.2. The number of hydrogen-bond acceptors (Lipinski definition) is 3. The third-order valence-electron chi connectivity index (χ3n) is 5.63. The van der Waals surface area contributed by atoms with Crippen molar-refractivity contribution in [2.45, 2.75) is 20.8 Å². The summed E-state index contributed by atoms with van der Waals surface area (Å²) in [5, 5.41) is 5.06. The van der Waals surface area contributed by atoms with E-state index in [4.69, 9.17) is 0 Å². The molecule has 0 saturated heterocycles. The third kappa shape index (κ3) is 2.60. The zero-order valence-corrected chi connectivity index (χ0v) is 16.5. The van der Waals surface area contributed by atoms with Crippen molar-refractivity contribution in [2.75, 3.05) is 5.32 Å². The first-order valence-electron chi connectivity index (χ1n) is 9.63. The van der Waals surface area contributed by atoms with Crippen LogP contribution in [-0.4, -0.2) is 10.8 Å². The monoisotopic (exact) mass is 380 g/mol. The van der Waals surface area contributed by atoms with Crippen LogP contribution in [0.3, 0.4) is 0 Å². The van der Waals surface area contributed by atoms with E-state index < -0.39 is 0 Å². The smallest absolute Gasteiger partial charge is 0.249 e. The van der Waals surface area contributed by atoms with E-state index in [1.165, 1.54) is 5.56 Å². The minimum absolute atomic E-state index is 0.0318. The molecule has 0 aliphatic heterocycles. The van der Waals surface area contributed by atoms with E-state index in [-0.39, 0.29) is 11.3 Å². The van der Waals surface area contributed by atoms with Gasteiger partial charge in [-0.15, -0.1) is 0 Å². The first-order valence-corrected chi connectivity index (χ1v) is 9.63. The fourth-order valence-electron chi connectivity index (χ4n) is 4.46. The van der Waals surface area contributed by atoms with Gasteiger partial charge in [0.05, 0.1) is 16.9 Å². The first-order chi connectivity index (χ1) is 13.9. The lowest BCUT2D eigenvalue weighted by molar-refractivity contribution is 0.104. The maximum atomic E-state index is 13.5. The zero-order chi connectivity index (χ0) is 20.3. The number of aromatic nitrogens is 1. The lowest BCUT2D eigenvalue weighted by atomic mass is 9.84. The van der Waals surface area contributed by atoms with Gasteiger partial charge in [-0.2, -0.15) is 0 Å². The molecule has 1 aliphatic rings. The Bertz CT molecular complexity index is 1370. The van der Waals surface area contributed by atoms with Gasteiger partial charge in [-0.1, -0.05) is 48.0 Å². The van der Waals surface area contributed by atoms with Gasteiger partial charge >= 0.3 is 0 Å². The van der Waals surface area contributed by atoms with Crippen molar-refractivity contribution in [3.8, 4) is 11.3 Å². The van der Waals surface area contributed by atoms with E-state index in [0.29, 0.717) is 16.8 Å². The molecule has 29 heavy (non-hydrogen) atoms. The van der Waals surface area contributed by atoms with Crippen LogP contribution in [0, 0.1) is 20.8 Å². The summed E-state index contributed by atoms with van der Waals surface area (Å²) in [6.45, 7) is 6.20. The van der Waals surface area contributed by atoms with E-state index in [1.54, 1.807) is 6.07 Å². The van der Waals surface area contributed by atoms with E-state index in [0.717, 1.165) is 38.8 Å². The molecule has 0 fully saturated rings. The van der Waals surface area contributed by atoms with Crippen molar-refractivity contribution in [3.05, 3.63) is 92.8 Å². The zero-order valence-electron chi connectivity index (χ0n) is 16.5. The van der Waals surface area contributed by atoms with Crippen LogP contribution in [0.5, 0.6) is 0 Å². The molecular formula is C25H20N2O2. The fourth-order valence-corrected chi connectivity index (χ4v) is 4.46. The Labute approximate surface area is 168 Å². The second-order valence-electron chi connectivity index (χ2n) is 7.73. The molecule has 5 rings (SSSR count). The summed E-state index contributed by atoms with van der Waals surface area (Å²) >= 11 is 0. The molecule has 0 spiro atoms. The number of carbonyl (C=O) groups is 1. The lowest BCUT2D eigenvalue weighted by Crippen LogP contribution is -2.17. The van der Waals surface area contributed by atoms with Crippen molar-refractivity contribution < 1.29 is 4.79 Å². The number of aryl methyl sites for hydroxylation is 3. The topological polar surface area (TPSA) is 62.0 Å². The maximum absolute atomic E-state index is 13.5. The first kappa shape index (κ1) is 17.4. The average molecular weight is 380 g/mol. The van der Waals surface area contributed by atoms with Gasteiger partial charge in [0.25, 0.3) is 0 Å². The maximum Gasteiger partial charge on any atom is 0.249 e. The summed E-state index contributed by atoms with van der Waals surface area (Å²) in [6.07, 6.45) is 0.